The van der Waals surface area contributed by atoms with E-state index in [1.807, 2.05) is 24.3 Å². The molecule has 1 aromatic heterocycles. The van der Waals surface area contributed by atoms with Gasteiger partial charge in [0.05, 0.1) is 5.69 Å². The zero-order valence-corrected chi connectivity index (χ0v) is 11.4. The summed E-state index contributed by atoms with van der Waals surface area (Å²) in [7, 11) is 0. The van der Waals surface area contributed by atoms with Gasteiger partial charge in [0.15, 0.2) is 0 Å². The molecule has 104 valence electrons. The first-order valence-corrected chi connectivity index (χ1v) is 6.56. The zero-order chi connectivity index (χ0) is 14.4. The molecule has 5 heteroatoms. The molecule has 2 aromatic rings. The largest absolute Gasteiger partial charge is 0.324 e. The Labute approximate surface area is 118 Å². The minimum Gasteiger partial charge on any atom is -0.324 e. The number of hydrogen-bond acceptors (Lipinski definition) is 4. The highest BCUT2D eigenvalue weighted by Gasteiger charge is 2.08. The lowest BCUT2D eigenvalue weighted by Gasteiger charge is -2.07. The summed E-state index contributed by atoms with van der Waals surface area (Å²) in [5, 5.41) is 2.81. The maximum Gasteiger partial charge on any atom is 0.274 e. The summed E-state index contributed by atoms with van der Waals surface area (Å²) in [5.41, 5.74) is 5.46. The standard InChI is InChI=1S/C15H18N4O/c1-2-3-11-4-6-12(7-5-11)18-15(20)14-10-13(19-16)8-9-17-14/h4-10H,2-3,16H2,1H3,(H,17,19)(H,18,20). The van der Waals surface area contributed by atoms with Crippen LogP contribution in [-0.2, 0) is 6.42 Å². The van der Waals surface area contributed by atoms with Crippen molar-refractivity contribution in [2.75, 3.05) is 10.7 Å². The Balaban J connectivity index is 2.06. The second-order valence-electron chi connectivity index (χ2n) is 4.48. The predicted octanol–water partition coefficient (Wildman–Crippen LogP) is 2.57. The van der Waals surface area contributed by atoms with E-state index in [1.54, 1.807) is 12.1 Å². The molecule has 0 atom stereocenters. The number of anilines is 2. The quantitative estimate of drug-likeness (QED) is 0.576. The third-order valence-corrected chi connectivity index (χ3v) is 2.91. The van der Waals surface area contributed by atoms with E-state index in [2.05, 4.69) is 22.7 Å². The number of aromatic nitrogens is 1. The number of nitrogens with two attached hydrogens (primary N) is 1. The molecule has 0 aliphatic rings. The Morgan fingerprint density at radius 1 is 1.20 bits per heavy atom. The fraction of sp³-hybridized carbons (Fsp3) is 0.200. The number of pyridine rings is 1. The van der Waals surface area contributed by atoms with Gasteiger partial charge in [0.2, 0.25) is 0 Å². The molecule has 0 saturated carbocycles. The number of benzene rings is 1. The number of nitrogens with zero attached hydrogens (tertiary/aromatic N) is 1. The van der Waals surface area contributed by atoms with Gasteiger partial charge in [-0.25, -0.2) is 0 Å². The number of nitrogens with one attached hydrogen (secondary N) is 2. The van der Waals surface area contributed by atoms with Gasteiger partial charge in [0.25, 0.3) is 5.91 Å². The van der Waals surface area contributed by atoms with Crippen LogP contribution in [-0.4, -0.2) is 10.9 Å². The predicted molar refractivity (Wildman–Crippen MR) is 80.4 cm³/mol. The van der Waals surface area contributed by atoms with Gasteiger partial charge < -0.3 is 10.7 Å². The summed E-state index contributed by atoms with van der Waals surface area (Å²) in [4.78, 5) is 16.1. The SMILES string of the molecule is CCCc1ccc(NC(=O)c2cc(NN)ccn2)cc1. The molecule has 1 aromatic carbocycles. The van der Waals surface area contributed by atoms with Crippen LogP contribution in [0.4, 0.5) is 11.4 Å². The highest BCUT2D eigenvalue weighted by atomic mass is 16.1. The molecule has 0 unspecified atom stereocenters. The smallest absolute Gasteiger partial charge is 0.274 e. The lowest BCUT2D eigenvalue weighted by Crippen LogP contribution is -2.15. The molecule has 0 fully saturated rings. The lowest BCUT2D eigenvalue weighted by molar-refractivity contribution is 0.102. The normalized spacial score (nSPS) is 10.1. The minimum absolute atomic E-state index is 0.259. The maximum absolute atomic E-state index is 12.1. The third kappa shape index (κ3) is 3.55. The number of hydrazine groups is 1. The van der Waals surface area contributed by atoms with Crippen LogP contribution in [0.2, 0.25) is 0 Å². The lowest BCUT2D eigenvalue weighted by atomic mass is 10.1. The van der Waals surface area contributed by atoms with Crippen molar-refractivity contribution in [1.82, 2.24) is 4.98 Å². The monoisotopic (exact) mass is 270 g/mol. The van der Waals surface area contributed by atoms with Crippen molar-refractivity contribution < 1.29 is 4.79 Å². The number of amides is 1. The first-order valence-electron chi connectivity index (χ1n) is 6.56. The summed E-state index contributed by atoms with van der Waals surface area (Å²) in [5.74, 6) is 5.05. The van der Waals surface area contributed by atoms with Crippen molar-refractivity contribution in [3.63, 3.8) is 0 Å². The number of hydrogen-bond donors (Lipinski definition) is 3. The average Bonchev–Trinajstić information content (AvgIpc) is 2.49. The van der Waals surface area contributed by atoms with Crippen LogP contribution in [0, 0.1) is 0 Å². The van der Waals surface area contributed by atoms with Crippen molar-refractivity contribution in [1.29, 1.82) is 0 Å². The average molecular weight is 270 g/mol. The van der Waals surface area contributed by atoms with Crippen LogP contribution in [0.5, 0.6) is 0 Å². The molecular weight excluding hydrogens is 252 g/mol. The Hall–Kier alpha value is -2.40. The fourth-order valence-electron chi connectivity index (χ4n) is 1.88. The summed E-state index contributed by atoms with van der Waals surface area (Å²) in [6.45, 7) is 2.14. The van der Waals surface area contributed by atoms with Gasteiger partial charge in [-0.2, -0.15) is 0 Å². The molecule has 0 saturated heterocycles. The molecule has 2 rings (SSSR count). The van der Waals surface area contributed by atoms with Gasteiger partial charge in [0.1, 0.15) is 5.69 Å². The van der Waals surface area contributed by atoms with E-state index in [-0.39, 0.29) is 5.91 Å². The highest BCUT2D eigenvalue weighted by molar-refractivity contribution is 6.03. The van der Waals surface area contributed by atoms with Crippen LogP contribution in [0.25, 0.3) is 0 Å². The van der Waals surface area contributed by atoms with Gasteiger partial charge in [-0.3, -0.25) is 15.6 Å². The number of aryl methyl sites for hydroxylation is 1. The molecule has 5 nitrogen and oxygen atoms in total. The summed E-state index contributed by atoms with van der Waals surface area (Å²) < 4.78 is 0. The van der Waals surface area contributed by atoms with Gasteiger partial charge in [-0.05, 0) is 36.2 Å². The van der Waals surface area contributed by atoms with Crippen LogP contribution in [0.3, 0.4) is 0 Å². The van der Waals surface area contributed by atoms with Gasteiger partial charge >= 0.3 is 0 Å². The third-order valence-electron chi connectivity index (χ3n) is 2.91. The number of carbonyl (C=O) groups is 1. The zero-order valence-electron chi connectivity index (χ0n) is 11.4. The molecule has 0 radical (unpaired) electrons. The van der Waals surface area contributed by atoms with E-state index in [0.717, 1.165) is 18.5 Å². The summed E-state index contributed by atoms with van der Waals surface area (Å²) >= 11 is 0. The van der Waals surface area contributed by atoms with Crippen LogP contribution in [0.1, 0.15) is 29.4 Å². The van der Waals surface area contributed by atoms with Crippen molar-refractivity contribution in [3.05, 3.63) is 53.9 Å². The first-order chi connectivity index (χ1) is 9.72. The van der Waals surface area contributed by atoms with E-state index < -0.39 is 0 Å². The molecule has 0 aliphatic carbocycles. The van der Waals surface area contributed by atoms with E-state index in [1.165, 1.54) is 11.8 Å². The number of nitrogen functional groups attached to an aromatic ring is 1. The van der Waals surface area contributed by atoms with Gasteiger partial charge in [-0.1, -0.05) is 25.5 Å². The van der Waals surface area contributed by atoms with Crippen molar-refractivity contribution in [2.24, 2.45) is 5.84 Å². The maximum atomic E-state index is 12.1. The highest BCUT2D eigenvalue weighted by Crippen LogP contribution is 2.13. The summed E-state index contributed by atoms with van der Waals surface area (Å²) in [6, 6.07) is 11.1. The summed E-state index contributed by atoms with van der Waals surface area (Å²) in [6.07, 6.45) is 3.68. The number of carbonyl (C=O) groups excluding carboxylic acids is 1. The Kier molecular flexibility index (Phi) is 4.68. The molecule has 20 heavy (non-hydrogen) atoms. The van der Waals surface area contributed by atoms with E-state index in [0.29, 0.717) is 11.4 Å². The van der Waals surface area contributed by atoms with Crippen molar-refractivity contribution >= 4 is 17.3 Å². The molecule has 1 amide bonds. The number of rotatable bonds is 5. The molecule has 4 N–H and O–H groups in total. The minimum atomic E-state index is -0.259. The molecule has 0 aliphatic heterocycles. The molecular formula is C15H18N4O. The van der Waals surface area contributed by atoms with Crippen LogP contribution in [0.15, 0.2) is 42.6 Å². The molecule has 0 spiro atoms. The Morgan fingerprint density at radius 3 is 2.60 bits per heavy atom. The first kappa shape index (κ1) is 14.0. The van der Waals surface area contributed by atoms with Crippen LogP contribution < -0.4 is 16.6 Å². The van der Waals surface area contributed by atoms with Crippen molar-refractivity contribution in [3.8, 4) is 0 Å². The fourth-order valence-corrected chi connectivity index (χ4v) is 1.88. The molecule has 0 bridgehead atoms. The Morgan fingerprint density at radius 2 is 1.95 bits per heavy atom. The van der Waals surface area contributed by atoms with E-state index in [9.17, 15) is 4.79 Å². The topological polar surface area (TPSA) is 80.0 Å². The van der Waals surface area contributed by atoms with Crippen molar-refractivity contribution in [2.45, 2.75) is 19.8 Å². The molecule has 1 heterocycles. The second kappa shape index (κ2) is 6.68. The van der Waals surface area contributed by atoms with E-state index in [4.69, 9.17) is 5.84 Å². The van der Waals surface area contributed by atoms with Gasteiger partial charge in [0, 0.05) is 11.9 Å². The van der Waals surface area contributed by atoms with Gasteiger partial charge in [-0.15, -0.1) is 0 Å². The second-order valence-corrected chi connectivity index (χ2v) is 4.48. The Bertz CT molecular complexity index is 581. The van der Waals surface area contributed by atoms with E-state index >= 15 is 0 Å². The van der Waals surface area contributed by atoms with Crippen LogP contribution >= 0.6 is 0 Å².